The summed E-state index contributed by atoms with van der Waals surface area (Å²) in [6, 6.07) is 6.66. The normalized spacial score (nSPS) is 12.9. The lowest BCUT2D eigenvalue weighted by Gasteiger charge is -1.89. The van der Waals surface area contributed by atoms with Crippen molar-refractivity contribution in [2.24, 2.45) is 0 Å². The van der Waals surface area contributed by atoms with E-state index in [1.807, 2.05) is 12.2 Å². The van der Waals surface area contributed by atoms with Gasteiger partial charge in [0.15, 0.2) is 5.43 Å². The Hall–Kier alpha value is -1.83. The molecule has 0 amide bonds. The van der Waals surface area contributed by atoms with Crippen LogP contribution in [0.2, 0.25) is 0 Å². The van der Waals surface area contributed by atoms with Gasteiger partial charge in [0.2, 0.25) is 0 Å². The van der Waals surface area contributed by atoms with Gasteiger partial charge in [-0.3, -0.25) is 4.79 Å². The van der Waals surface area contributed by atoms with Crippen molar-refractivity contribution in [3.8, 4) is 0 Å². The molecule has 0 spiro atoms. The molecule has 2 nitrogen and oxygen atoms in total. The quantitative estimate of drug-likeness (QED) is 0.598. The van der Waals surface area contributed by atoms with Crippen LogP contribution in [0, 0.1) is 0 Å². The van der Waals surface area contributed by atoms with Crippen molar-refractivity contribution in [1.82, 2.24) is 0 Å². The first-order valence-electron chi connectivity index (χ1n) is 3.99. The van der Waals surface area contributed by atoms with E-state index in [2.05, 4.69) is 0 Å². The fraction of sp³-hybridized carbons (Fsp3) is 0. The van der Waals surface area contributed by atoms with E-state index in [0.717, 1.165) is 11.1 Å². The number of ether oxygens (including phenoxy) is 1. The van der Waals surface area contributed by atoms with Crippen LogP contribution < -0.4 is 5.43 Å². The molecule has 0 bridgehead atoms. The van der Waals surface area contributed by atoms with E-state index in [1.165, 1.54) is 0 Å². The van der Waals surface area contributed by atoms with E-state index in [4.69, 9.17) is 4.74 Å². The monoisotopic (exact) mass is 172 g/mol. The fourth-order valence-electron chi connectivity index (χ4n) is 1.17. The maximum atomic E-state index is 11.0. The van der Waals surface area contributed by atoms with Crippen molar-refractivity contribution in [1.29, 1.82) is 0 Å². The van der Waals surface area contributed by atoms with Crippen LogP contribution >= 0.6 is 0 Å². The Labute approximate surface area is 75.8 Å². The van der Waals surface area contributed by atoms with Crippen LogP contribution in [0.1, 0.15) is 11.1 Å². The molecule has 1 aliphatic heterocycles. The van der Waals surface area contributed by atoms with Crippen LogP contribution in [-0.4, -0.2) is 0 Å². The molecular formula is C11H8O2. The summed E-state index contributed by atoms with van der Waals surface area (Å²) >= 11 is 0. The average molecular weight is 172 g/mol. The highest BCUT2D eigenvalue weighted by molar-refractivity contribution is 5.65. The molecule has 1 aromatic carbocycles. The maximum Gasteiger partial charge on any atom is 0.178 e. The van der Waals surface area contributed by atoms with Crippen LogP contribution in [0.15, 0.2) is 41.6 Å². The molecule has 1 aromatic rings. The Balaban J connectivity index is 2.69. The van der Waals surface area contributed by atoms with Crippen molar-refractivity contribution in [2.75, 3.05) is 0 Å². The summed E-state index contributed by atoms with van der Waals surface area (Å²) in [4.78, 5) is 11.0. The molecule has 0 saturated heterocycles. The van der Waals surface area contributed by atoms with E-state index in [1.54, 1.807) is 36.8 Å². The van der Waals surface area contributed by atoms with E-state index < -0.39 is 0 Å². The van der Waals surface area contributed by atoms with Gasteiger partial charge in [0.25, 0.3) is 0 Å². The summed E-state index contributed by atoms with van der Waals surface area (Å²) in [7, 11) is 0. The Morgan fingerprint density at radius 1 is 0.846 bits per heavy atom. The molecule has 0 atom stereocenters. The summed E-state index contributed by atoms with van der Waals surface area (Å²) < 4.78 is 5.00. The third-order valence-corrected chi connectivity index (χ3v) is 1.84. The van der Waals surface area contributed by atoms with Crippen LogP contribution in [-0.2, 0) is 4.74 Å². The highest BCUT2D eigenvalue weighted by Gasteiger charge is 1.96. The standard InChI is InChI=1S/C11H8O2/c12-11-3-1-9-5-7-13-8-6-10(9)2-4-11/h1-8H. The first-order chi connectivity index (χ1) is 6.36. The third kappa shape index (κ3) is 1.67. The predicted octanol–water partition coefficient (Wildman–Crippen LogP) is 2.02. The van der Waals surface area contributed by atoms with Crippen molar-refractivity contribution < 1.29 is 4.74 Å². The smallest absolute Gasteiger partial charge is 0.178 e. The molecule has 0 N–H and O–H groups in total. The second kappa shape index (κ2) is 3.27. The molecule has 0 fully saturated rings. The third-order valence-electron chi connectivity index (χ3n) is 1.84. The molecule has 1 aliphatic rings. The highest BCUT2D eigenvalue weighted by atomic mass is 16.5. The zero-order valence-corrected chi connectivity index (χ0v) is 6.94. The van der Waals surface area contributed by atoms with Crippen LogP contribution in [0.4, 0.5) is 0 Å². The number of hydrogen-bond acceptors (Lipinski definition) is 2. The van der Waals surface area contributed by atoms with Crippen molar-refractivity contribution >= 4 is 12.2 Å². The lowest BCUT2D eigenvalue weighted by atomic mass is 10.1. The summed E-state index contributed by atoms with van der Waals surface area (Å²) in [6.07, 6.45) is 6.84. The van der Waals surface area contributed by atoms with Gasteiger partial charge in [-0.15, -0.1) is 0 Å². The van der Waals surface area contributed by atoms with Gasteiger partial charge in [-0.1, -0.05) is 12.1 Å². The van der Waals surface area contributed by atoms with Gasteiger partial charge in [0.05, 0.1) is 12.5 Å². The van der Waals surface area contributed by atoms with Gasteiger partial charge in [0.1, 0.15) is 0 Å². The summed E-state index contributed by atoms with van der Waals surface area (Å²) in [6.45, 7) is 0. The first-order valence-corrected chi connectivity index (χ1v) is 3.99. The van der Waals surface area contributed by atoms with Gasteiger partial charge in [0, 0.05) is 0 Å². The minimum Gasteiger partial charge on any atom is -0.473 e. The van der Waals surface area contributed by atoms with Crippen molar-refractivity contribution in [2.45, 2.75) is 0 Å². The number of fused-ring (bicyclic) bond motifs is 1. The molecule has 13 heavy (non-hydrogen) atoms. The van der Waals surface area contributed by atoms with Crippen molar-refractivity contribution in [3.05, 3.63) is 58.1 Å². The lowest BCUT2D eigenvalue weighted by molar-refractivity contribution is 0.411. The minimum absolute atomic E-state index is 0.00999. The van der Waals surface area contributed by atoms with Gasteiger partial charge in [-0.2, -0.15) is 0 Å². The summed E-state index contributed by atoms with van der Waals surface area (Å²) in [5.41, 5.74) is 1.97. The van der Waals surface area contributed by atoms with Gasteiger partial charge >= 0.3 is 0 Å². The Morgan fingerprint density at radius 2 is 1.38 bits per heavy atom. The van der Waals surface area contributed by atoms with E-state index in [9.17, 15) is 4.79 Å². The van der Waals surface area contributed by atoms with Crippen LogP contribution in [0.5, 0.6) is 0 Å². The minimum atomic E-state index is 0.00999. The zero-order chi connectivity index (χ0) is 9.10. The Kier molecular flexibility index (Phi) is 1.96. The molecular weight excluding hydrogens is 164 g/mol. The molecule has 2 heteroatoms. The molecule has 0 aliphatic carbocycles. The van der Waals surface area contributed by atoms with Gasteiger partial charge in [-0.05, 0) is 35.4 Å². The largest absolute Gasteiger partial charge is 0.473 e. The maximum absolute atomic E-state index is 11.0. The highest BCUT2D eigenvalue weighted by Crippen LogP contribution is 2.13. The summed E-state index contributed by atoms with van der Waals surface area (Å²) in [5.74, 6) is 0. The second-order valence-electron chi connectivity index (χ2n) is 2.72. The molecule has 0 saturated carbocycles. The number of hydrogen-bond donors (Lipinski definition) is 0. The topological polar surface area (TPSA) is 26.3 Å². The van der Waals surface area contributed by atoms with E-state index >= 15 is 0 Å². The molecule has 0 aromatic heterocycles. The Bertz CT molecular complexity index is 393. The van der Waals surface area contributed by atoms with E-state index in [0.29, 0.717) is 0 Å². The van der Waals surface area contributed by atoms with Crippen LogP contribution in [0.25, 0.3) is 12.2 Å². The first kappa shape index (κ1) is 7.80. The molecule has 2 rings (SSSR count). The van der Waals surface area contributed by atoms with E-state index in [-0.39, 0.29) is 5.43 Å². The molecule has 0 unspecified atom stereocenters. The second-order valence-corrected chi connectivity index (χ2v) is 2.72. The van der Waals surface area contributed by atoms with Gasteiger partial charge in [-0.25, -0.2) is 0 Å². The SMILES string of the molecule is O=c1ccc2c(cc1)C=COC=C2. The van der Waals surface area contributed by atoms with Gasteiger partial charge < -0.3 is 4.74 Å². The molecule has 0 radical (unpaired) electrons. The zero-order valence-electron chi connectivity index (χ0n) is 6.94. The van der Waals surface area contributed by atoms with Crippen molar-refractivity contribution in [3.63, 3.8) is 0 Å². The predicted molar refractivity (Wildman–Crippen MR) is 51.9 cm³/mol. The average Bonchev–Trinajstić information content (AvgIpc) is 2.43. The fourth-order valence-corrected chi connectivity index (χ4v) is 1.17. The Morgan fingerprint density at radius 3 is 1.92 bits per heavy atom. The lowest BCUT2D eigenvalue weighted by Crippen LogP contribution is -1.87. The van der Waals surface area contributed by atoms with Crippen LogP contribution in [0.3, 0.4) is 0 Å². The molecule has 64 valence electrons. The number of rotatable bonds is 0. The molecule has 1 heterocycles. The summed E-state index contributed by atoms with van der Waals surface area (Å²) in [5, 5.41) is 0.